The Morgan fingerprint density at radius 2 is 1.75 bits per heavy atom. The van der Waals surface area contributed by atoms with Crippen molar-refractivity contribution in [2.75, 3.05) is 0 Å². The van der Waals surface area contributed by atoms with Crippen molar-refractivity contribution < 1.29 is 22.7 Å². The highest BCUT2D eigenvalue weighted by molar-refractivity contribution is 6.01. The van der Waals surface area contributed by atoms with E-state index >= 15 is 0 Å². The number of aryl methyl sites for hydroxylation is 1. The van der Waals surface area contributed by atoms with Crippen LogP contribution in [0, 0.1) is 24.1 Å². The van der Waals surface area contributed by atoms with Crippen molar-refractivity contribution in [1.29, 1.82) is 5.26 Å². The van der Waals surface area contributed by atoms with E-state index in [1.54, 1.807) is 31.2 Å². The maximum absolute atomic E-state index is 14.5. The fourth-order valence-corrected chi connectivity index (χ4v) is 2.45. The molecular formula is C21H13F3N2O2. The van der Waals surface area contributed by atoms with Gasteiger partial charge in [0.1, 0.15) is 23.0 Å². The number of pyridine rings is 1. The summed E-state index contributed by atoms with van der Waals surface area (Å²) in [4.78, 5) is 15.8. The number of nitriles is 1. The molecule has 1 aromatic heterocycles. The topological polar surface area (TPSA) is 63.0 Å². The van der Waals surface area contributed by atoms with Crippen LogP contribution in [-0.4, -0.2) is 10.8 Å². The SMILES string of the molecule is Cc1ccc(C(=O)C(F)(F)c2ccc(Oc3ccc(C#N)cc3)cn2)c(F)c1. The summed E-state index contributed by atoms with van der Waals surface area (Å²) < 4.78 is 48.4. The fourth-order valence-electron chi connectivity index (χ4n) is 2.45. The van der Waals surface area contributed by atoms with Crippen molar-refractivity contribution in [1.82, 2.24) is 4.98 Å². The molecule has 0 radical (unpaired) electrons. The van der Waals surface area contributed by atoms with Gasteiger partial charge in [-0.2, -0.15) is 14.0 Å². The number of alkyl halides is 2. The van der Waals surface area contributed by atoms with Crippen LogP contribution >= 0.6 is 0 Å². The largest absolute Gasteiger partial charge is 0.456 e. The maximum atomic E-state index is 14.5. The highest BCUT2D eigenvalue weighted by Gasteiger charge is 2.44. The number of ketones is 1. The maximum Gasteiger partial charge on any atom is 0.351 e. The Kier molecular flexibility index (Phi) is 5.14. The molecular weight excluding hydrogens is 369 g/mol. The minimum atomic E-state index is -4.00. The molecule has 1 heterocycles. The van der Waals surface area contributed by atoms with Gasteiger partial charge in [-0.05, 0) is 61.0 Å². The van der Waals surface area contributed by atoms with E-state index in [9.17, 15) is 18.0 Å². The Morgan fingerprint density at radius 1 is 1.07 bits per heavy atom. The van der Waals surface area contributed by atoms with Crippen LogP contribution < -0.4 is 4.74 Å². The van der Waals surface area contributed by atoms with E-state index in [0.717, 1.165) is 24.4 Å². The predicted molar refractivity (Wildman–Crippen MR) is 94.8 cm³/mol. The van der Waals surface area contributed by atoms with E-state index in [1.807, 2.05) is 6.07 Å². The van der Waals surface area contributed by atoms with Crippen molar-refractivity contribution in [3.05, 3.63) is 89.0 Å². The highest BCUT2D eigenvalue weighted by atomic mass is 19.3. The Balaban J connectivity index is 1.80. The number of hydrogen-bond acceptors (Lipinski definition) is 4. The van der Waals surface area contributed by atoms with Gasteiger partial charge in [0.25, 0.3) is 0 Å². The smallest absolute Gasteiger partial charge is 0.351 e. The Hall–Kier alpha value is -3.66. The van der Waals surface area contributed by atoms with Gasteiger partial charge in [0.05, 0.1) is 23.4 Å². The normalized spacial score (nSPS) is 11.0. The Bertz CT molecular complexity index is 1060. The molecule has 0 bridgehead atoms. The molecule has 0 atom stereocenters. The zero-order valence-corrected chi connectivity index (χ0v) is 14.6. The first-order valence-corrected chi connectivity index (χ1v) is 8.14. The summed E-state index contributed by atoms with van der Waals surface area (Å²) in [5.74, 6) is -6.12. The number of Topliss-reactive ketones (excluding diaryl/α,β-unsaturated/α-hetero) is 1. The van der Waals surface area contributed by atoms with Gasteiger partial charge in [-0.25, -0.2) is 4.39 Å². The first-order valence-electron chi connectivity index (χ1n) is 8.14. The molecule has 0 fully saturated rings. The Labute approximate surface area is 158 Å². The summed E-state index contributed by atoms with van der Waals surface area (Å²) in [6.45, 7) is 1.59. The summed E-state index contributed by atoms with van der Waals surface area (Å²) in [6, 6.07) is 13.7. The van der Waals surface area contributed by atoms with Crippen molar-refractivity contribution in [2.24, 2.45) is 0 Å². The first-order chi connectivity index (χ1) is 13.3. The molecule has 0 aliphatic rings. The second kappa shape index (κ2) is 7.53. The molecule has 140 valence electrons. The lowest BCUT2D eigenvalue weighted by molar-refractivity contribution is 0.00423. The van der Waals surface area contributed by atoms with Gasteiger partial charge in [0.2, 0.25) is 5.78 Å². The monoisotopic (exact) mass is 382 g/mol. The average Bonchev–Trinajstić information content (AvgIpc) is 2.68. The summed E-state index contributed by atoms with van der Waals surface area (Å²) in [5, 5.41) is 8.76. The summed E-state index contributed by atoms with van der Waals surface area (Å²) in [5.41, 5.74) is -0.554. The molecule has 0 amide bonds. The second-order valence-electron chi connectivity index (χ2n) is 6.00. The quantitative estimate of drug-likeness (QED) is 0.571. The number of carbonyl (C=O) groups is 1. The van der Waals surface area contributed by atoms with E-state index in [4.69, 9.17) is 10.00 Å². The van der Waals surface area contributed by atoms with Crippen molar-refractivity contribution in [3.63, 3.8) is 0 Å². The van der Waals surface area contributed by atoms with Gasteiger partial charge >= 0.3 is 5.92 Å². The van der Waals surface area contributed by atoms with Crippen LogP contribution in [0.5, 0.6) is 11.5 Å². The van der Waals surface area contributed by atoms with Crippen LogP contribution in [0.15, 0.2) is 60.8 Å². The minimum Gasteiger partial charge on any atom is -0.456 e. The Morgan fingerprint density at radius 3 is 2.32 bits per heavy atom. The zero-order valence-electron chi connectivity index (χ0n) is 14.6. The molecule has 0 aliphatic heterocycles. The van der Waals surface area contributed by atoms with Crippen LogP contribution in [0.4, 0.5) is 13.2 Å². The molecule has 3 rings (SSSR count). The number of halogens is 3. The highest BCUT2D eigenvalue weighted by Crippen LogP contribution is 2.33. The molecule has 0 spiro atoms. The summed E-state index contributed by atoms with van der Waals surface area (Å²) in [7, 11) is 0. The average molecular weight is 382 g/mol. The second-order valence-corrected chi connectivity index (χ2v) is 6.00. The van der Waals surface area contributed by atoms with E-state index in [1.165, 1.54) is 12.1 Å². The van der Waals surface area contributed by atoms with E-state index < -0.39 is 28.8 Å². The number of aromatic nitrogens is 1. The van der Waals surface area contributed by atoms with Gasteiger partial charge in [0.15, 0.2) is 0 Å². The van der Waals surface area contributed by atoms with Crippen molar-refractivity contribution in [3.8, 4) is 17.6 Å². The molecule has 0 aliphatic carbocycles. The van der Waals surface area contributed by atoms with E-state index in [-0.39, 0.29) is 5.75 Å². The van der Waals surface area contributed by atoms with Gasteiger partial charge < -0.3 is 4.74 Å². The molecule has 7 heteroatoms. The molecule has 0 unspecified atom stereocenters. The third-order valence-corrected chi connectivity index (χ3v) is 3.93. The van der Waals surface area contributed by atoms with Crippen LogP contribution in [0.2, 0.25) is 0 Å². The van der Waals surface area contributed by atoms with Crippen molar-refractivity contribution in [2.45, 2.75) is 12.8 Å². The number of nitrogens with zero attached hydrogens (tertiary/aromatic N) is 2. The number of rotatable bonds is 5. The molecule has 0 N–H and O–H groups in total. The van der Waals surface area contributed by atoms with E-state index in [0.29, 0.717) is 16.9 Å². The number of hydrogen-bond donors (Lipinski definition) is 0. The van der Waals surface area contributed by atoms with Gasteiger partial charge in [0, 0.05) is 0 Å². The van der Waals surface area contributed by atoms with E-state index in [2.05, 4.69) is 4.98 Å². The molecule has 0 saturated carbocycles. The molecule has 2 aromatic carbocycles. The fraction of sp³-hybridized carbons (Fsp3) is 0.0952. The van der Waals surface area contributed by atoms with Crippen LogP contribution in [0.3, 0.4) is 0 Å². The lowest BCUT2D eigenvalue weighted by Crippen LogP contribution is -2.28. The molecule has 28 heavy (non-hydrogen) atoms. The molecule has 4 nitrogen and oxygen atoms in total. The minimum absolute atomic E-state index is 0.165. The zero-order chi connectivity index (χ0) is 20.3. The lowest BCUT2D eigenvalue weighted by atomic mass is 10.0. The summed E-state index contributed by atoms with van der Waals surface area (Å²) >= 11 is 0. The lowest BCUT2D eigenvalue weighted by Gasteiger charge is -2.15. The van der Waals surface area contributed by atoms with Crippen molar-refractivity contribution >= 4 is 5.78 Å². The van der Waals surface area contributed by atoms with Gasteiger partial charge in [-0.1, -0.05) is 6.07 Å². The number of benzene rings is 2. The number of carbonyl (C=O) groups excluding carboxylic acids is 1. The third kappa shape index (κ3) is 3.86. The van der Waals surface area contributed by atoms with Crippen LogP contribution in [0.1, 0.15) is 27.2 Å². The standard InChI is InChI=1S/C21H13F3N2O2/c1-13-2-8-17(18(22)10-13)20(27)21(23,24)19-9-7-16(12-26-19)28-15-5-3-14(11-25)4-6-15/h2-10,12H,1H3. The first kappa shape index (κ1) is 19.1. The number of ether oxygens (including phenoxy) is 1. The molecule has 3 aromatic rings. The van der Waals surface area contributed by atoms with Gasteiger partial charge in [-0.3, -0.25) is 9.78 Å². The summed E-state index contributed by atoms with van der Waals surface area (Å²) in [6.07, 6.45) is 1.04. The molecule has 0 saturated heterocycles. The van der Waals surface area contributed by atoms with Gasteiger partial charge in [-0.15, -0.1) is 0 Å². The third-order valence-electron chi connectivity index (χ3n) is 3.93. The van der Waals surface area contributed by atoms with Crippen LogP contribution in [0.25, 0.3) is 0 Å². The predicted octanol–water partition coefficient (Wildman–Crippen LogP) is 5.17. The van der Waals surface area contributed by atoms with Crippen LogP contribution in [-0.2, 0) is 5.92 Å².